The van der Waals surface area contributed by atoms with Crippen LogP contribution >= 0.6 is 0 Å². The summed E-state index contributed by atoms with van der Waals surface area (Å²) < 4.78 is 4.84. The summed E-state index contributed by atoms with van der Waals surface area (Å²) in [5.41, 5.74) is 1.30. The fraction of sp³-hybridized carbons (Fsp3) is 0.682. The average Bonchev–Trinajstić information content (AvgIpc) is 2.75. The van der Waals surface area contributed by atoms with Gasteiger partial charge >= 0.3 is 5.97 Å². The van der Waals surface area contributed by atoms with Gasteiger partial charge in [0.2, 0.25) is 5.91 Å². The number of hydrogen-bond donors (Lipinski definition) is 0. The molecule has 0 aromatic carbocycles. The van der Waals surface area contributed by atoms with Crippen molar-refractivity contribution in [3.8, 4) is 0 Å². The maximum atomic E-state index is 12.8. The maximum Gasteiger partial charge on any atom is 0.308 e. The molecule has 28 heavy (non-hydrogen) atoms. The summed E-state index contributed by atoms with van der Waals surface area (Å²) in [5.74, 6) is 1.10. The SMILES string of the molecule is CCC1CN(Cc2ccncc2)CCC1CC(=O)N1CCC(C(=O)OC)CC1. The first-order valence-corrected chi connectivity index (χ1v) is 10.6. The van der Waals surface area contributed by atoms with Crippen molar-refractivity contribution < 1.29 is 14.3 Å². The molecule has 0 spiro atoms. The zero-order valence-electron chi connectivity index (χ0n) is 17.2. The van der Waals surface area contributed by atoms with Crippen molar-refractivity contribution in [2.75, 3.05) is 33.3 Å². The molecule has 0 aliphatic carbocycles. The van der Waals surface area contributed by atoms with Gasteiger partial charge < -0.3 is 9.64 Å². The van der Waals surface area contributed by atoms with Crippen molar-refractivity contribution in [2.24, 2.45) is 17.8 Å². The number of methoxy groups -OCH3 is 1. The second kappa shape index (κ2) is 10.0. The first kappa shape index (κ1) is 20.8. The van der Waals surface area contributed by atoms with Crippen LogP contribution in [0.1, 0.15) is 44.6 Å². The van der Waals surface area contributed by atoms with E-state index in [1.807, 2.05) is 17.3 Å². The Morgan fingerprint density at radius 2 is 1.82 bits per heavy atom. The predicted octanol–water partition coefficient (Wildman–Crippen LogP) is 2.73. The number of nitrogens with zero attached hydrogens (tertiary/aromatic N) is 3. The van der Waals surface area contributed by atoms with Crippen LogP contribution in [0.15, 0.2) is 24.5 Å². The van der Waals surface area contributed by atoms with Crippen LogP contribution in [-0.2, 0) is 20.9 Å². The molecular formula is C22H33N3O3. The summed E-state index contributed by atoms with van der Waals surface area (Å²) in [6, 6.07) is 4.16. The lowest BCUT2D eigenvalue weighted by molar-refractivity contribution is -0.149. The van der Waals surface area contributed by atoms with Gasteiger partial charge in [0.1, 0.15) is 0 Å². The van der Waals surface area contributed by atoms with Gasteiger partial charge in [-0.25, -0.2) is 0 Å². The molecule has 3 heterocycles. The highest BCUT2D eigenvalue weighted by molar-refractivity contribution is 5.77. The van der Waals surface area contributed by atoms with E-state index in [-0.39, 0.29) is 17.8 Å². The van der Waals surface area contributed by atoms with Gasteiger partial charge in [0, 0.05) is 45.0 Å². The fourth-order valence-electron chi connectivity index (χ4n) is 4.66. The number of carbonyl (C=O) groups excluding carboxylic acids is 2. The quantitative estimate of drug-likeness (QED) is 0.703. The van der Waals surface area contributed by atoms with Crippen molar-refractivity contribution >= 4 is 11.9 Å². The highest BCUT2D eigenvalue weighted by Crippen LogP contribution is 2.31. The zero-order chi connectivity index (χ0) is 19.9. The normalized spacial score (nSPS) is 24.1. The Labute approximate surface area is 168 Å². The molecule has 2 aliphatic heterocycles. The van der Waals surface area contributed by atoms with Crippen molar-refractivity contribution in [1.82, 2.24) is 14.8 Å². The Hall–Kier alpha value is -1.95. The lowest BCUT2D eigenvalue weighted by atomic mass is 9.81. The van der Waals surface area contributed by atoms with E-state index in [2.05, 4.69) is 28.9 Å². The molecule has 2 saturated heterocycles. The molecule has 2 unspecified atom stereocenters. The average molecular weight is 388 g/mol. The summed E-state index contributed by atoms with van der Waals surface area (Å²) in [5, 5.41) is 0. The smallest absolute Gasteiger partial charge is 0.308 e. The van der Waals surface area contributed by atoms with Crippen LogP contribution in [0.25, 0.3) is 0 Å². The Balaban J connectivity index is 1.48. The van der Waals surface area contributed by atoms with Crippen molar-refractivity contribution in [3.05, 3.63) is 30.1 Å². The Morgan fingerprint density at radius 1 is 1.11 bits per heavy atom. The minimum absolute atomic E-state index is 0.0473. The van der Waals surface area contributed by atoms with E-state index in [9.17, 15) is 9.59 Å². The summed E-state index contributed by atoms with van der Waals surface area (Å²) in [4.78, 5) is 33.1. The molecule has 0 N–H and O–H groups in total. The third kappa shape index (κ3) is 5.31. The fourth-order valence-corrected chi connectivity index (χ4v) is 4.66. The van der Waals surface area contributed by atoms with Crippen LogP contribution in [0, 0.1) is 17.8 Å². The van der Waals surface area contributed by atoms with E-state index in [1.54, 1.807) is 0 Å². The first-order chi connectivity index (χ1) is 13.6. The van der Waals surface area contributed by atoms with Crippen LogP contribution < -0.4 is 0 Å². The Morgan fingerprint density at radius 3 is 2.46 bits per heavy atom. The molecule has 1 aromatic rings. The Bertz CT molecular complexity index is 644. The van der Waals surface area contributed by atoms with Crippen LogP contribution in [0.5, 0.6) is 0 Å². The number of esters is 1. The van der Waals surface area contributed by atoms with E-state index in [1.165, 1.54) is 12.7 Å². The second-order valence-electron chi connectivity index (χ2n) is 8.19. The Kier molecular flexibility index (Phi) is 7.43. The number of piperidine rings is 2. The molecule has 2 aliphatic rings. The molecule has 0 saturated carbocycles. The maximum absolute atomic E-state index is 12.8. The zero-order valence-corrected chi connectivity index (χ0v) is 17.2. The molecule has 1 aromatic heterocycles. The number of rotatable bonds is 6. The van der Waals surface area contributed by atoms with Gasteiger partial charge in [-0.05, 0) is 55.3 Å². The minimum Gasteiger partial charge on any atom is -0.469 e. The topological polar surface area (TPSA) is 62.7 Å². The van der Waals surface area contributed by atoms with Gasteiger partial charge in [-0.15, -0.1) is 0 Å². The van der Waals surface area contributed by atoms with Crippen LogP contribution in [0.4, 0.5) is 0 Å². The molecule has 1 amide bonds. The summed E-state index contributed by atoms with van der Waals surface area (Å²) >= 11 is 0. The molecule has 2 fully saturated rings. The summed E-state index contributed by atoms with van der Waals surface area (Å²) in [6.07, 6.45) is 7.97. The van der Waals surface area contributed by atoms with Gasteiger partial charge in [-0.2, -0.15) is 0 Å². The summed E-state index contributed by atoms with van der Waals surface area (Å²) in [7, 11) is 1.44. The number of carbonyl (C=O) groups is 2. The lowest BCUT2D eigenvalue weighted by Gasteiger charge is -2.39. The van der Waals surface area contributed by atoms with Crippen molar-refractivity contribution in [3.63, 3.8) is 0 Å². The molecular weight excluding hydrogens is 354 g/mol. The first-order valence-electron chi connectivity index (χ1n) is 10.6. The molecule has 6 nitrogen and oxygen atoms in total. The van der Waals surface area contributed by atoms with Crippen LogP contribution in [0.3, 0.4) is 0 Å². The predicted molar refractivity (Wildman–Crippen MR) is 107 cm³/mol. The monoisotopic (exact) mass is 387 g/mol. The highest BCUT2D eigenvalue weighted by Gasteiger charge is 2.33. The second-order valence-corrected chi connectivity index (χ2v) is 8.19. The highest BCUT2D eigenvalue weighted by atomic mass is 16.5. The molecule has 0 bridgehead atoms. The van der Waals surface area contributed by atoms with Gasteiger partial charge in [0.05, 0.1) is 13.0 Å². The third-order valence-corrected chi connectivity index (χ3v) is 6.47. The standard InChI is InChI=1S/C22H33N3O3/c1-3-18-16-24(15-17-4-9-23-10-5-17)11-6-20(18)14-21(26)25-12-7-19(8-13-25)22(27)28-2/h4-5,9-10,18-20H,3,6-8,11-16H2,1-2H3. The number of pyridine rings is 1. The van der Waals surface area contributed by atoms with Crippen molar-refractivity contribution in [1.29, 1.82) is 0 Å². The van der Waals surface area contributed by atoms with Crippen LogP contribution in [0.2, 0.25) is 0 Å². The minimum atomic E-state index is -0.139. The number of aromatic nitrogens is 1. The largest absolute Gasteiger partial charge is 0.469 e. The number of amides is 1. The number of ether oxygens (including phenoxy) is 1. The van der Waals surface area contributed by atoms with Crippen LogP contribution in [-0.4, -0.2) is 59.9 Å². The molecule has 0 radical (unpaired) electrons. The number of likely N-dealkylation sites (tertiary alicyclic amines) is 2. The summed E-state index contributed by atoms with van der Waals surface area (Å²) in [6.45, 7) is 6.65. The van der Waals surface area contributed by atoms with Crippen molar-refractivity contribution in [2.45, 2.75) is 45.6 Å². The van der Waals surface area contributed by atoms with E-state index >= 15 is 0 Å². The van der Waals surface area contributed by atoms with Gasteiger partial charge in [-0.3, -0.25) is 19.5 Å². The third-order valence-electron chi connectivity index (χ3n) is 6.47. The van der Waals surface area contributed by atoms with Gasteiger partial charge in [0.15, 0.2) is 0 Å². The van der Waals surface area contributed by atoms with E-state index in [4.69, 9.17) is 4.74 Å². The van der Waals surface area contributed by atoms with E-state index < -0.39 is 0 Å². The van der Waals surface area contributed by atoms with Gasteiger partial charge in [0.25, 0.3) is 0 Å². The van der Waals surface area contributed by atoms with Gasteiger partial charge in [-0.1, -0.05) is 13.3 Å². The van der Waals surface area contributed by atoms with E-state index in [0.717, 1.165) is 45.3 Å². The lowest BCUT2D eigenvalue weighted by Crippen LogP contribution is -2.44. The molecule has 2 atom stereocenters. The number of hydrogen-bond acceptors (Lipinski definition) is 5. The molecule has 154 valence electrons. The molecule has 6 heteroatoms. The molecule has 3 rings (SSSR count). The van der Waals surface area contributed by atoms with E-state index in [0.29, 0.717) is 31.3 Å².